The number of hydrogen-bond acceptors (Lipinski definition) is 5. The van der Waals surface area contributed by atoms with Crippen LogP contribution in [0.2, 0.25) is 0 Å². The van der Waals surface area contributed by atoms with Crippen LogP contribution in [0.5, 0.6) is 0 Å². The molecule has 0 radical (unpaired) electrons. The highest BCUT2D eigenvalue weighted by molar-refractivity contribution is 7.18. The normalized spacial score (nSPS) is 17.2. The minimum absolute atomic E-state index is 0.130. The number of amides is 1. The summed E-state index contributed by atoms with van der Waals surface area (Å²) in [6.07, 6.45) is 6.88. The van der Waals surface area contributed by atoms with Crippen molar-refractivity contribution in [1.82, 2.24) is 14.5 Å². The van der Waals surface area contributed by atoms with E-state index in [-0.39, 0.29) is 11.5 Å². The van der Waals surface area contributed by atoms with Gasteiger partial charge in [-0.25, -0.2) is 4.98 Å². The number of nitrogens with zero attached hydrogens (tertiary/aromatic N) is 4. The van der Waals surface area contributed by atoms with Gasteiger partial charge in [0.25, 0.3) is 5.56 Å². The van der Waals surface area contributed by atoms with Crippen LogP contribution < -0.4 is 10.5 Å². The molecule has 0 aromatic carbocycles. The molecule has 4 rings (SSSR count). The van der Waals surface area contributed by atoms with Crippen molar-refractivity contribution in [1.29, 1.82) is 0 Å². The summed E-state index contributed by atoms with van der Waals surface area (Å²) in [4.78, 5) is 37.0. The van der Waals surface area contributed by atoms with E-state index >= 15 is 0 Å². The zero-order chi connectivity index (χ0) is 19.7. The van der Waals surface area contributed by atoms with E-state index in [9.17, 15) is 9.59 Å². The lowest BCUT2D eigenvalue weighted by atomic mass is 9.97. The number of hydrogen-bond donors (Lipinski definition) is 0. The predicted octanol–water partition coefficient (Wildman–Crippen LogP) is 3.20. The lowest BCUT2D eigenvalue weighted by Crippen LogP contribution is -2.50. The van der Waals surface area contributed by atoms with Gasteiger partial charge in [0.05, 0.1) is 5.39 Å². The number of anilines is 1. The quantitative estimate of drug-likeness (QED) is 0.771. The Kier molecular flexibility index (Phi) is 5.71. The molecule has 28 heavy (non-hydrogen) atoms. The number of rotatable bonds is 5. The van der Waals surface area contributed by atoms with Gasteiger partial charge < -0.3 is 9.80 Å². The Hall–Kier alpha value is -1.89. The van der Waals surface area contributed by atoms with Crippen molar-refractivity contribution in [2.45, 2.75) is 65.3 Å². The minimum Gasteiger partial charge on any atom is -0.339 e. The molecule has 0 bridgehead atoms. The molecule has 0 saturated carbocycles. The Morgan fingerprint density at radius 3 is 2.54 bits per heavy atom. The molecular formula is C21H30N4O2S. The average molecular weight is 403 g/mol. The summed E-state index contributed by atoms with van der Waals surface area (Å²) < 4.78 is 1.88. The van der Waals surface area contributed by atoms with Crippen molar-refractivity contribution in [2.75, 3.05) is 31.1 Å². The molecule has 7 heteroatoms. The van der Waals surface area contributed by atoms with E-state index in [2.05, 4.69) is 11.8 Å². The van der Waals surface area contributed by atoms with E-state index in [0.717, 1.165) is 54.9 Å². The van der Waals surface area contributed by atoms with Crippen LogP contribution in [0.4, 0.5) is 5.95 Å². The second-order valence-corrected chi connectivity index (χ2v) is 8.96. The Balaban J connectivity index is 1.68. The molecule has 1 aliphatic heterocycles. The van der Waals surface area contributed by atoms with Crippen molar-refractivity contribution >= 4 is 33.4 Å². The van der Waals surface area contributed by atoms with Crippen LogP contribution in [0, 0.1) is 0 Å². The van der Waals surface area contributed by atoms with Gasteiger partial charge >= 0.3 is 0 Å². The van der Waals surface area contributed by atoms with Gasteiger partial charge in [0.1, 0.15) is 4.83 Å². The molecule has 0 atom stereocenters. The Morgan fingerprint density at radius 2 is 1.82 bits per heavy atom. The maximum atomic E-state index is 13.4. The number of carbonyl (C=O) groups excluding carboxylic acids is 1. The summed E-state index contributed by atoms with van der Waals surface area (Å²) >= 11 is 1.72. The Labute approximate surface area is 170 Å². The van der Waals surface area contributed by atoms with Gasteiger partial charge in [-0.05, 0) is 44.1 Å². The molecule has 1 aliphatic carbocycles. The lowest BCUT2D eigenvalue weighted by molar-refractivity contribution is -0.131. The fourth-order valence-electron chi connectivity index (χ4n) is 4.42. The van der Waals surface area contributed by atoms with Gasteiger partial charge in [0, 0.05) is 44.0 Å². The molecule has 6 nitrogen and oxygen atoms in total. The van der Waals surface area contributed by atoms with E-state index < -0.39 is 0 Å². The molecule has 1 fully saturated rings. The topological polar surface area (TPSA) is 58.4 Å². The number of thiophene rings is 1. The van der Waals surface area contributed by atoms with Gasteiger partial charge in [0.2, 0.25) is 11.9 Å². The highest BCUT2D eigenvalue weighted by atomic mass is 32.1. The first-order chi connectivity index (χ1) is 13.6. The Morgan fingerprint density at radius 1 is 1.07 bits per heavy atom. The molecule has 0 spiro atoms. The summed E-state index contributed by atoms with van der Waals surface area (Å²) in [6.45, 7) is 7.73. The number of carbonyl (C=O) groups is 1. The summed E-state index contributed by atoms with van der Waals surface area (Å²) in [5.74, 6) is 1.03. The first kappa shape index (κ1) is 19.4. The minimum atomic E-state index is 0.130. The molecule has 1 saturated heterocycles. The van der Waals surface area contributed by atoms with Crippen LogP contribution in [-0.4, -0.2) is 46.5 Å². The summed E-state index contributed by atoms with van der Waals surface area (Å²) in [6, 6.07) is 0. The predicted molar refractivity (Wildman–Crippen MR) is 115 cm³/mol. The van der Waals surface area contributed by atoms with Crippen LogP contribution in [0.25, 0.3) is 10.2 Å². The van der Waals surface area contributed by atoms with Crippen LogP contribution in [-0.2, 0) is 24.2 Å². The molecule has 0 N–H and O–H groups in total. The highest BCUT2D eigenvalue weighted by Gasteiger charge is 2.26. The van der Waals surface area contributed by atoms with Crippen LogP contribution in [0.3, 0.4) is 0 Å². The van der Waals surface area contributed by atoms with Crippen LogP contribution >= 0.6 is 11.3 Å². The fourth-order valence-corrected chi connectivity index (χ4v) is 5.67. The van der Waals surface area contributed by atoms with Crippen molar-refractivity contribution < 1.29 is 4.79 Å². The van der Waals surface area contributed by atoms with E-state index in [0.29, 0.717) is 26.1 Å². The third-order valence-corrected chi connectivity index (χ3v) is 7.07. The molecule has 2 aromatic rings. The fraction of sp³-hybridized carbons (Fsp3) is 0.667. The van der Waals surface area contributed by atoms with Crippen molar-refractivity contribution in [2.24, 2.45) is 0 Å². The second-order valence-electron chi connectivity index (χ2n) is 7.88. The summed E-state index contributed by atoms with van der Waals surface area (Å²) in [7, 11) is 0. The standard InChI is InChI=1S/C21H30N4O2S/c1-3-7-17(26)23-11-13-24(14-12-23)21-22-19-18(20(27)25(21)10-4-2)15-8-5-6-9-16(15)28-19/h3-14H2,1-2H3. The number of aryl methyl sites for hydroxylation is 2. The maximum Gasteiger partial charge on any atom is 0.263 e. The molecule has 1 amide bonds. The van der Waals surface area contributed by atoms with E-state index in [4.69, 9.17) is 4.98 Å². The first-order valence-corrected chi connectivity index (χ1v) is 11.5. The maximum absolute atomic E-state index is 13.4. The molecule has 3 heterocycles. The molecule has 0 unspecified atom stereocenters. The Bertz CT molecular complexity index is 925. The number of fused-ring (bicyclic) bond motifs is 3. The molecule has 2 aliphatic rings. The molecule has 2 aromatic heterocycles. The number of aromatic nitrogens is 2. The van der Waals surface area contributed by atoms with Gasteiger partial charge in [-0.1, -0.05) is 13.8 Å². The van der Waals surface area contributed by atoms with Crippen molar-refractivity contribution in [3.8, 4) is 0 Å². The van der Waals surface area contributed by atoms with Crippen LogP contribution in [0.15, 0.2) is 4.79 Å². The van der Waals surface area contributed by atoms with Gasteiger partial charge in [-0.2, -0.15) is 0 Å². The largest absolute Gasteiger partial charge is 0.339 e. The third-order valence-electron chi connectivity index (χ3n) is 5.88. The average Bonchev–Trinajstić information content (AvgIpc) is 3.09. The van der Waals surface area contributed by atoms with Gasteiger partial charge in [0.15, 0.2) is 0 Å². The third kappa shape index (κ3) is 3.45. The number of piperazine rings is 1. The zero-order valence-electron chi connectivity index (χ0n) is 17.0. The van der Waals surface area contributed by atoms with Gasteiger partial charge in [-0.15, -0.1) is 11.3 Å². The molecule has 152 valence electrons. The summed E-state index contributed by atoms with van der Waals surface area (Å²) in [5, 5.41) is 0.869. The van der Waals surface area contributed by atoms with Gasteiger partial charge in [-0.3, -0.25) is 14.2 Å². The van der Waals surface area contributed by atoms with Crippen molar-refractivity contribution in [3.63, 3.8) is 0 Å². The van der Waals surface area contributed by atoms with Crippen LogP contribution in [0.1, 0.15) is 56.4 Å². The van der Waals surface area contributed by atoms with E-state index in [1.807, 2.05) is 16.4 Å². The van der Waals surface area contributed by atoms with E-state index in [1.54, 1.807) is 11.3 Å². The smallest absolute Gasteiger partial charge is 0.263 e. The first-order valence-electron chi connectivity index (χ1n) is 10.7. The monoisotopic (exact) mass is 402 g/mol. The highest BCUT2D eigenvalue weighted by Crippen LogP contribution is 2.34. The molecular weight excluding hydrogens is 372 g/mol. The lowest BCUT2D eigenvalue weighted by Gasteiger charge is -2.36. The zero-order valence-corrected chi connectivity index (χ0v) is 17.8. The SMILES string of the molecule is CCCC(=O)N1CCN(c2nc3sc4c(c3c(=O)n2CCC)CCCC4)CC1. The van der Waals surface area contributed by atoms with E-state index in [1.165, 1.54) is 23.3 Å². The second kappa shape index (κ2) is 8.23. The summed E-state index contributed by atoms with van der Waals surface area (Å²) in [5.41, 5.74) is 1.39. The van der Waals surface area contributed by atoms with Crippen molar-refractivity contribution in [3.05, 3.63) is 20.8 Å².